The summed E-state index contributed by atoms with van der Waals surface area (Å²) in [6, 6.07) is 0. The molecule has 0 aliphatic heterocycles. The minimum atomic E-state index is -4.92. The third-order valence-corrected chi connectivity index (χ3v) is 18.2. The van der Waals surface area contributed by atoms with Crippen molar-refractivity contribution in [2.45, 2.75) is 347 Å². The van der Waals surface area contributed by atoms with Gasteiger partial charge in [0.2, 0.25) is 0 Å². The Morgan fingerprint density at radius 2 is 0.546 bits per heavy atom. The van der Waals surface area contributed by atoms with Gasteiger partial charge in [-0.3, -0.25) is 32.5 Å². The topological polar surface area (TPSA) is 231 Å². The van der Waals surface area contributed by atoms with Crippen molar-refractivity contribution in [3.05, 3.63) is 97.2 Å². The van der Waals surface area contributed by atoms with Crippen molar-refractivity contribution in [3.8, 4) is 0 Å². The average molecular weight is 1410 g/mol. The van der Waals surface area contributed by atoms with E-state index in [0.717, 1.165) is 135 Å². The lowest BCUT2D eigenvalue weighted by molar-refractivity contribution is -0.161. The maximum absolute atomic E-state index is 12.9. The fourth-order valence-corrected chi connectivity index (χ4v) is 12.0. The van der Waals surface area contributed by atoms with Crippen LogP contribution in [-0.4, -0.2) is 95.9 Å². The minimum Gasteiger partial charge on any atom is -0.463 e. The molecule has 18 heteroatoms. The Hall–Kier alpha value is -3.53. The number of hydrogen-bond donors (Lipinski definition) is 4. The summed E-state index contributed by atoms with van der Waals surface area (Å²) in [5.74, 6) is -1.58. The quantitative estimate of drug-likeness (QED) is 0.0146. The van der Waals surface area contributed by atoms with Crippen LogP contribution in [0.15, 0.2) is 97.2 Å². The summed E-state index contributed by atoms with van der Waals surface area (Å²) in [5, 5.41) is 20.6. The monoisotopic (exact) mass is 1410 g/mol. The molecule has 5 unspecified atom stereocenters. The fraction of sp³-hybridized carbons (Fsp3) is 0.759. The summed E-state index contributed by atoms with van der Waals surface area (Å²) in [6.45, 7) is 2.55. The van der Waals surface area contributed by atoms with E-state index in [9.17, 15) is 43.5 Å². The average Bonchev–Trinajstić information content (AvgIpc) is 1.49. The largest absolute Gasteiger partial charge is 0.472 e. The molecule has 0 spiro atoms. The lowest BCUT2D eigenvalue weighted by Gasteiger charge is -2.21. The number of carbonyl (C=O) groups is 3. The second kappa shape index (κ2) is 72.3. The number of phosphoric acid groups is 2. The summed E-state index contributed by atoms with van der Waals surface area (Å²) in [4.78, 5) is 58.5. The first-order valence-corrected chi connectivity index (χ1v) is 41.5. The van der Waals surface area contributed by atoms with Gasteiger partial charge in [0.05, 0.1) is 26.4 Å². The molecular formula is C79H140O16P2. The van der Waals surface area contributed by atoms with E-state index >= 15 is 0 Å². The smallest absolute Gasteiger partial charge is 0.463 e. The molecule has 0 rings (SSSR count). The summed E-state index contributed by atoms with van der Waals surface area (Å²) >= 11 is 0. The Labute approximate surface area is 590 Å². The Morgan fingerprint density at radius 1 is 0.299 bits per heavy atom. The van der Waals surface area contributed by atoms with Gasteiger partial charge in [-0.2, -0.15) is 0 Å². The van der Waals surface area contributed by atoms with E-state index in [2.05, 4.69) is 118 Å². The van der Waals surface area contributed by atoms with Gasteiger partial charge in [-0.05, 0) is 103 Å². The second-order valence-corrected chi connectivity index (χ2v) is 28.7. The van der Waals surface area contributed by atoms with Crippen LogP contribution in [0.4, 0.5) is 0 Å². The Kier molecular flexibility index (Phi) is 69.6. The molecule has 0 aliphatic rings. The van der Waals surface area contributed by atoms with Crippen molar-refractivity contribution in [3.63, 3.8) is 0 Å². The van der Waals surface area contributed by atoms with E-state index in [1.165, 1.54) is 135 Å². The number of phosphoric ester groups is 2. The van der Waals surface area contributed by atoms with Crippen LogP contribution in [0.25, 0.3) is 0 Å². The molecule has 0 aromatic rings. The maximum Gasteiger partial charge on any atom is 0.472 e. The Bertz CT molecular complexity index is 2150. The number of esters is 3. The van der Waals surface area contributed by atoms with Crippen molar-refractivity contribution in [1.82, 2.24) is 0 Å². The zero-order valence-electron chi connectivity index (χ0n) is 61.2. The van der Waals surface area contributed by atoms with Gasteiger partial charge in [-0.25, -0.2) is 9.13 Å². The predicted molar refractivity (Wildman–Crippen MR) is 399 cm³/mol. The molecule has 16 nitrogen and oxygen atoms in total. The molecule has 0 bridgehead atoms. The van der Waals surface area contributed by atoms with Crippen LogP contribution in [0.1, 0.15) is 329 Å². The maximum atomic E-state index is 12.9. The van der Waals surface area contributed by atoms with E-state index in [0.29, 0.717) is 19.3 Å². The summed E-state index contributed by atoms with van der Waals surface area (Å²) in [6.07, 6.45) is 81.9. The minimum absolute atomic E-state index is 0.106. The molecule has 0 saturated carbocycles. The number of carbonyl (C=O) groups excluding carboxylic acids is 3. The molecule has 0 fully saturated rings. The highest BCUT2D eigenvalue weighted by Gasteiger charge is 2.29. The van der Waals surface area contributed by atoms with Crippen molar-refractivity contribution < 1.29 is 75.8 Å². The predicted octanol–water partition coefficient (Wildman–Crippen LogP) is 22.2. The number of ether oxygens (including phenoxy) is 3. The van der Waals surface area contributed by atoms with Gasteiger partial charge in [0.1, 0.15) is 25.4 Å². The summed E-state index contributed by atoms with van der Waals surface area (Å²) in [5.41, 5.74) is 0. The molecule has 5 atom stereocenters. The van der Waals surface area contributed by atoms with Gasteiger partial charge < -0.3 is 34.2 Å². The van der Waals surface area contributed by atoms with Crippen LogP contribution in [0.3, 0.4) is 0 Å². The van der Waals surface area contributed by atoms with Crippen LogP contribution in [-0.2, 0) is 55.8 Å². The van der Waals surface area contributed by atoms with Crippen LogP contribution >= 0.6 is 15.6 Å². The van der Waals surface area contributed by atoms with Crippen LogP contribution < -0.4 is 0 Å². The van der Waals surface area contributed by atoms with Crippen molar-refractivity contribution >= 4 is 33.6 Å². The van der Waals surface area contributed by atoms with Gasteiger partial charge in [-0.15, -0.1) is 0 Å². The van der Waals surface area contributed by atoms with Crippen molar-refractivity contribution in [2.24, 2.45) is 0 Å². The molecular weight excluding hydrogens is 1270 g/mol. The van der Waals surface area contributed by atoms with Gasteiger partial charge in [-0.1, -0.05) is 304 Å². The third kappa shape index (κ3) is 73.5. The molecule has 0 amide bonds. The molecule has 562 valence electrons. The first-order valence-electron chi connectivity index (χ1n) is 38.5. The standard InChI is InChI=1S/C79H140O16P2/c1-4-7-10-13-16-19-22-25-27-28-29-30-31-32-33-34-35-36-37-38-39-40-41-42-43-44-46-49-50-53-56-59-62-65-77(82)89-68-74(80)69-91-96(85,86)92-70-75(81)71-93-97(87,88)94-73-76(95-79(84)67-64-61-58-55-52-47-24-21-18-15-12-9-6-3)72-90-78(83)66-63-60-57-54-51-48-45-26-23-20-17-14-11-8-5-2/h7,10,16-17,19-20,25-27,29-30,32-33,35-36,45,74-76,80-81H,4-6,8-9,11-15,18,21-24,28,31,34,37-44,46-73H2,1-3H3,(H,85,86)(H,87,88)/b10-7-,19-16-,20-17-,27-25-,30-29-,33-32-,36-35-,45-26-. The summed E-state index contributed by atoms with van der Waals surface area (Å²) < 4.78 is 61.0. The van der Waals surface area contributed by atoms with Crippen molar-refractivity contribution in [2.75, 3.05) is 39.6 Å². The number of allylic oxidation sites excluding steroid dienone is 16. The van der Waals surface area contributed by atoms with E-state index in [1.54, 1.807) is 0 Å². The molecule has 0 aromatic carbocycles. The van der Waals surface area contributed by atoms with E-state index in [1.807, 2.05) is 0 Å². The van der Waals surface area contributed by atoms with Crippen LogP contribution in [0, 0.1) is 0 Å². The number of aliphatic hydroxyl groups is 2. The van der Waals surface area contributed by atoms with Gasteiger partial charge in [0.25, 0.3) is 0 Å². The highest BCUT2D eigenvalue weighted by Crippen LogP contribution is 2.45. The molecule has 0 saturated heterocycles. The first-order chi connectivity index (χ1) is 47.2. The Balaban J connectivity index is 4.37. The lowest BCUT2D eigenvalue weighted by Crippen LogP contribution is -2.30. The molecule has 0 radical (unpaired) electrons. The van der Waals surface area contributed by atoms with Crippen molar-refractivity contribution in [1.29, 1.82) is 0 Å². The zero-order chi connectivity index (χ0) is 70.9. The highest BCUT2D eigenvalue weighted by atomic mass is 31.2. The molecule has 4 N–H and O–H groups in total. The van der Waals surface area contributed by atoms with Gasteiger partial charge >= 0.3 is 33.6 Å². The Morgan fingerprint density at radius 3 is 0.887 bits per heavy atom. The van der Waals surface area contributed by atoms with E-state index < -0.39 is 91.5 Å². The normalized spacial score (nSPS) is 14.6. The highest BCUT2D eigenvalue weighted by molar-refractivity contribution is 7.47. The number of hydrogen-bond acceptors (Lipinski definition) is 14. The molecule has 97 heavy (non-hydrogen) atoms. The lowest BCUT2D eigenvalue weighted by atomic mass is 10.0. The molecule has 0 heterocycles. The molecule has 0 aromatic heterocycles. The fourth-order valence-electron chi connectivity index (χ4n) is 10.4. The van der Waals surface area contributed by atoms with E-state index in [-0.39, 0.29) is 19.3 Å². The number of aliphatic hydroxyl groups excluding tert-OH is 2. The number of unbranched alkanes of at least 4 members (excludes halogenated alkanes) is 34. The SMILES string of the molecule is CC/C=C\C/C=C\C/C=C\C/C=C\C/C=C\C/C=C\CCCCCCCCCCCCCCCCC(=O)OCC(O)COP(=O)(O)OCC(O)COP(=O)(O)OCC(COC(=O)CCCCCCC/C=C\C/C=C\CCCCC)OC(=O)CCCCCCCCCCCCCCC. The van der Waals surface area contributed by atoms with Gasteiger partial charge in [0.15, 0.2) is 6.10 Å². The van der Waals surface area contributed by atoms with Gasteiger partial charge in [0, 0.05) is 19.3 Å². The molecule has 0 aliphatic carbocycles. The second-order valence-electron chi connectivity index (χ2n) is 25.8. The summed E-state index contributed by atoms with van der Waals surface area (Å²) in [7, 11) is -9.77. The first kappa shape index (κ1) is 93.5. The zero-order valence-corrected chi connectivity index (χ0v) is 63.0. The van der Waals surface area contributed by atoms with Crippen LogP contribution in [0.5, 0.6) is 0 Å². The third-order valence-electron chi connectivity index (χ3n) is 16.3. The van der Waals surface area contributed by atoms with E-state index in [4.69, 9.17) is 32.3 Å². The van der Waals surface area contributed by atoms with Crippen LogP contribution in [0.2, 0.25) is 0 Å². The number of rotatable bonds is 73.